The lowest BCUT2D eigenvalue weighted by molar-refractivity contribution is -0.119. The summed E-state index contributed by atoms with van der Waals surface area (Å²) >= 11 is 0. The number of anilines is 1. The molecule has 0 aromatic heterocycles. The zero-order valence-corrected chi connectivity index (χ0v) is 14.9. The fraction of sp³-hybridized carbons (Fsp3) is 0.130. The van der Waals surface area contributed by atoms with E-state index in [1.807, 2.05) is 73.7 Å². The van der Waals surface area contributed by atoms with E-state index in [4.69, 9.17) is 0 Å². The summed E-state index contributed by atoms with van der Waals surface area (Å²) in [6.07, 6.45) is 0. The molecule has 3 heteroatoms. The van der Waals surface area contributed by atoms with Crippen LogP contribution in [-0.2, 0) is 10.2 Å². The minimum Gasteiger partial charge on any atom is -0.324 e. The van der Waals surface area contributed by atoms with Crippen LogP contribution in [0, 0.1) is 0 Å². The molecule has 0 unspecified atom stereocenters. The van der Waals surface area contributed by atoms with Gasteiger partial charge in [-0.15, -0.1) is 0 Å². The number of carbonyl (C=O) groups is 2. The average Bonchev–Trinajstić information content (AvgIpc) is 2.69. The molecule has 0 aliphatic heterocycles. The number of ketones is 1. The quantitative estimate of drug-likeness (QED) is 0.674. The Balaban J connectivity index is 2.07. The Morgan fingerprint density at radius 2 is 1.19 bits per heavy atom. The number of carbonyl (C=O) groups excluding carboxylic acids is 2. The Labute approximate surface area is 153 Å². The van der Waals surface area contributed by atoms with Gasteiger partial charge in [0.1, 0.15) is 0 Å². The van der Waals surface area contributed by atoms with E-state index >= 15 is 0 Å². The molecule has 0 saturated carbocycles. The van der Waals surface area contributed by atoms with Crippen molar-refractivity contribution in [1.82, 2.24) is 0 Å². The number of amides is 1. The van der Waals surface area contributed by atoms with Gasteiger partial charge in [0, 0.05) is 5.56 Å². The predicted molar refractivity (Wildman–Crippen MR) is 104 cm³/mol. The van der Waals surface area contributed by atoms with Gasteiger partial charge in [-0.25, -0.2) is 0 Å². The highest BCUT2D eigenvalue weighted by Gasteiger charge is 2.37. The van der Waals surface area contributed by atoms with Crippen LogP contribution in [0.3, 0.4) is 0 Å². The number of hydrogen-bond acceptors (Lipinski definition) is 2. The Hall–Kier alpha value is -3.20. The number of Topliss-reactive ketones (excluding diaryl/α,β-unsaturated/α-hetero) is 1. The number of nitrogens with one attached hydrogen (secondary N) is 1. The predicted octanol–water partition coefficient (Wildman–Crippen LogP) is 4.83. The largest absolute Gasteiger partial charge is 0.324 e. The van der Waals surface area contributed by atoms with Crippen molar-refractivity contribution in [2.45, 2.75) is 19.3 Å². The van der Waals surface area contributed by atoms with Gasteiger partial charge in [0.25, 0.3) is 0 Å². The van der Waals surface area contributed by atoms with Crippen LogP contribution in [-0.4, -0.2) is 11.7 Å². The molecule has 3 nitrogen and oxygen atoms in total. The zero-order valence-electron chi connectivity index (χ0n) is 14.9. The topological polar surface area (TPSA) is 46.2 Å². The van der Waals surface area contributed by atoms with Crippen LogP contribution in [0.4, 0.5) is 5.69 Å². The smallest absolute Gasteiger partial charge is 0.239 e. The lowest BCUT2D eigenvalue weighted by Gasteiger charge is -2.30. The second-order valence-corrected chi connectivity index (χ2v) is 6.41. The molecular weight excluding hydrogens is 322 g/mol. The first-order valence-corrected chi connectivity index (χ1v) is 8.56. The Morgan fingerprint density at radius 3 is 1.69 bits per heavy atom. The number of hydrogen-bond donors (Lipinski definition) is 1. The lowest BCUT2D eigenvalue weighted by Crippen LogP contribution is -2.39. The van der Waals surface area contributed by atoms with E-state index in [0.717, 1.165) is 11.1 Å². The van der Waals surface area contributed by atoms with Crippen LogP contribution < -0.4 is 5.32 Å². The molecule has 1 N–H and O–H groups in total. The van der Waals surface area contributed by atoms with E-state index < -0.39 is 5.41 Å². The van der Waals surface area contributed by atoms with Gasteiger partial charge in [-0.3, -0.25) is 9.59 Å². The Morgan fingerprint density at radius 1 is 0.731 bits per heavy atom. The van der Waals surface area contributed by atoms with Crippen LogP contribution >= 0.6 is 0 Å². The molecule has 1 amide bonds. The maximum absolute atomic E-state index is 13.4. The Bertz CT molecular complexity index is 878. The van der Waals surface area contributed by atoms with Crippen LogP contribution in [0.1, 0.15) is 35.3 Å². The molecule has 0 fully saturated rings. The molecule has 3 rings (SSSR count). The summed E-state index contributed by atoms with van der Waals surface area (Å²) < 4.78 is 0. The van der Waals surface area contributed by atoms with Crippen molar-refractivity contribution in [3.63, 3.8) is 0 Å². The van der Waals surface area contributed by atoms with Gasteiger partial charge in [0.15, 0.2) is 5.78 Å². The Kier molecular flexibility index (Phi) is 4.99. The standard InChI is InChI=1S/C23H21NO2/c1-17(25)20-15-9-10-16-21(20)24-22(26)23(2,18-11-5-3-6-12-18)19-13-7-4-8-14-19/h3-16H,1-2H3,(H,24,26). The molecule has 0 aliphatic rings. The molecular formula is C23H21NO2. The van der Waals surface area contributed by atoms with Crippen LogP contribution in [0.15, 0.2) is 84.9 Å². The highest BCUT2D eigenvalue weighted by atomic mass is 16.2. The van der Waals surface area contributed by atoms with E-state index in [0.29, 0.717) is 11.3 Å². The minimum atomic E-state index is -0.883. The van der Waals surface area contributed by atoms with Crippen molar-refractivity contribution >= 4 is 17.4 Å². The van der Waals surface area contributed by atoms with Gasteiger partial charge < -0.3 is 5.32 Å². The maximum atomic E-state index is 13.4. The van der Waals surface area contributed by atoms with Crippen molar-refractivity contribution in [1.29, 1.82) is 0 Å². The lowest BCUT2D eigenvalue weighted by atomic mass is 9.75. The van der Waals surface area contributed by atoms with Crippen LogP contribution in [0.5, 0.6) is 0 Å². The molecule has 0 bridgehead atoms. The van der Waals surface area contributed by atoms with Crippen molar-refractivity contribution in [2.75, 3.05) is 5.32 Å². The van der Waals surface area contributed by atoms with Gasteiger partial charge in [0.05, 0.1) is 11.1 Å². The monoisotopic (exact) mass is 343 g/mol. The molecule has 0 atom stereocenters. The molecule has 26 heavy (non-hydrogen) atoms. The van der Waals surface area contributed by atoms with Crippen molar-refractivity contribution < 1.29 is 9.59 Å². The average molecular weight is 343 g/mol. The highest BCUT2D eigenvalue weighted by molar-refractivity contribution is 6.07. The van der Waals surface area contributed by atoms with E-state index in [-0.39, 0.29) is 11.7 Å². The molecule has 3 aromatic rings. The van der Waals surface area contributed by atoms with Crippen molar-refractivity contribution in [3.8, 4) is 0 Å². The van der Waals surface area contributed by atoms with E-state index in [2.05, 4.69) is 5.32 Å². The molecule has 0 spiro atoms. The molecule has 0 radical (unpaired) electrons. The van der Waals surface area contributed by atoms with E-state index in [9.17, 15) is 9.59 Å². The van der Waals surface area contributed by atoms with E-state index in [1.54, 1.807) is 18.2 Å². The molecule has 130 valence electrons. The summed E-state index contributed by atoms with van der Waals surface area (Å²) in [4.78, 5) is 25.3. The molecule has 3 aromatic carbocycles. The maximum Gasteiger partial charge on any atom is 0.239 e. The zero-order chi connectivity index (χ0) is 18.6. The molecule has 0 heterocycles. The summed E-state index contributed by atoms with van der Waals surface area (Å²) in [5, 5.41) is 2.97. The first-order chi connectivity index (χ1) is 12.5. The molecule has 0 aliphatic carbocycles. The van der Waals surface area contributed by atoms with Gasteiger partial charge in [-0.2, -0.15) is 0 Å². The van der Waals surface area contributed by atoms with Gasteiger partial charge in [-0.1, -0.05) is 72.8 Å². The van der Waals surface area contributed by atoms with Crippen molar-refractivity contribution in [3.05, 3.63) is 102 Å². The summed E-state index contributed by atoms with van der Waals surface area (Å²) in [5.74, 6) is -0.259. The van der Waals surface area contributed by atoms with E-state index in [1.165, 1.54) is 6.92 Å². The third kappa shape index (κ3) is 3.29. The van der Waals surface area contributed by atoms with Gasteiger partial charge >= 0.3 is 0 Å². The third-order valence-corrected chi connectivity index (χ3v) is 4.71. The second-order valence-electron chi connectivity index (χ2n) is 6.41. The fourth-order valence-electron chi connectivity index (χ4n) is 3.12. The van der Waals surface area contributed by atoms with Crippen LogP contribution in [0.2, 0.25) is 0 Å². The van der Waals surface area contributed by atoms with Crippen molar-refractivity contribution in [2.24, 2.45) is 0 Å². The SMILES string of the molecule is CC(=O)c1ccccc1NC(=O)C(C)(c1ccccc1)c1ccccc1. The summed E-state index contributed by atoms with van der Waals surface area (Å²) in [5.41, 5.74) is 1.94. The number of benzene rings is 3. The number of para-hydroxylation sites is 1. The first kappa shape index (κ1) is 17.6. The number of rotatable bonds is 5. The fourth-order valence-corrected chi connectivity index (χ4v) is 3.12. The van der Waals surface area contributed by atoms with Gasteiger partial charge in [-0.05, 0) is 37.1 Å². The molecule has 0 saturated heterocycles. The van der Waals surface area contributed by atoms with Crippen LogP contribution in [0.25, 0.3) is 0 Å². The third-order valence-electron chi connectivity index (χ3n) is 4.71. The first-order valence-electron chi connectivity index (χ1n) is 8.56. The highest BCUT2D eigenvalue weighted by Crippen LogP contribution is 2.33. The minimum absolute atomic E-state index is 0.0815. The second kappa shape index (κ2) is 7.36. The van der Waals surface area contributed by atoms with Gasteiger partial charge in [0.2, 0.25) is 5.91 Å². The summed E-state index contributed by atoms with van der Waals surface area (Å²) in [6, 6.07) is 26.4. The summed E-state index contributed by atoms with van der Waals surface area (Å²) in [6.45, 7) is 3.40. The summed E-state index contributed by atoms with van der Waals surface area (Å²) in [7, 11) is 0. The normalized spacial score (nSPS) is 11.0.